The van der Waals surface area contributed by atoms with Gasteiger partial charge in [0.05, 0.1) is 16.1 Å². The number of anilines is 1. The predicted octanol–water partition coefficient (Wildman–Crippen LogP) is 3.18. The monoisotopic (exact) mass is 228 g/mol. The highest BCUT2D eigenvalue weighted by atomic mass is 35.5. The van der Waals surface area contributed by atoms with Crippen LogP contribution >= 0.6 is 22.9 Å². The lowest BCUT2D eigenvalue weighted by atomic mass is 10.1. The Labute approximate surface area is 89.2 Å². The van der Waals surface area contributed by atoms with E-state index in [1.165, 1.54) is 17.4 Å². The molecule has 14 heavy (non-hydrogen) atoms. The number of halogens is 2. The van der Waals surface area contributed by atoms with E-state index < -0.39 is 5.82 Å². The van der Waals surface area contributed by atoms with Crippen molar-refractivity contribution in [3.63, 3.8) is 0 Å². The molecule has 0 bridgehead atoms. The van der Waals surface area contributed by atoms with Gasteiger partial charge < -0.3 is 5.73 Å². The van der Waals surface area contributed by atoms with Crippen molar-refractivity contribution >= 4 is 27.9 Å². The van der Waals surface area contributed by atoms with Gasteiger partial charge in [0.15, 0.2) is 0 Å². The Morgan fingerprint density at radius 3 is 2.79 bits per heavy atom. The molecule has 1 heterocycles. The maximum Gasteiger partial charge on any atom is 0.134 e. The quantitative estimate of drug-likeness (QED) is 0.814. The van der Waals surface area contributed by atoms with Gasteiger partial charge in [-0.3, -0.25) is 0 Å². The van der Waals surface area contributed by atoms with Crippen LogP contribution in [0.25, 0.3) is 11.3 Å². The van der Waals surface area contributed by atoms with Crippen molar-refractivity contribution in [3.05, 3.63) is 34.5 Å². The van der Waals surface area contributed by atoms with Crippen LogP contribution < -0.4 is 5.73 Å². The molecule has 0 saturated carbocycles. The van der Waals surface area contributed by atoms with Gasteiger partial charge in [0.1, 0.15) is 16.5 Å². The van der Waals surface area contributed by atoms with Gasteiger partial charge in [0.25, 0.3) is 0 Å². The molecule has 0 unspecified atom stereocenters. The highest BCUT2D eigenvalue weighted by Gasteiger charge is 2.14. The number of nitrogens with two attached hydrogens (primary N) is 1. The molecule has 1 aromatic heterocycles. The molecule has 2 rings (SSSR count). The van der Waals surface area contributed by atoms with Gasteiger partial charge in [-0.2, -0.15) is 0 Å². The van der Waals surface area contributed by atoms with Crippen molar-refractivity contribution in [1.82, 2.24) is 4.98 Å². The predicted molar refractivity (Wildman–Crippen MR) is 56.9 cm³/mol. The maximum atomic E-state index is 13.4. The summed E-state index contributed by atoms with van der Waals surface area (Å²) in [5.41, 5.74) is 7.89. The van der Waals surface area contributed by atoms with Crippen molar-refractivity contribution < 1.29 is 4.39 Å². The zero-order chi connectivity index (χ0) is 10.1. The van der Waals surface area contributed by atoms with Crippen LogP contribution in [-0.4, -0.2) is 4.98 Å². The molecule has 2 N–H and O–H groups in total. The molecule has 0 radical (unpaired) electrons. The fraction of sp³-hybridized carbons (Fsp3) is 0. The third-order valence-electron chi connectivity index (χ3n) is 1.79. The third kappa shape index (κ3) is 1.47. The minimum Gasteiger partial charge on any atom is -0.389 e. The molecule has 5 heteroatoms. The second-order valence-corrected chi connectivity index (χ2v) is 3.96. The van der Waals surface area contributed by atoms with Gasteiger partial charge in [-0.05, 0) is 12.1 Å². The lowest BCUT2D eigenvalue weighted by Crippen LogP contribution is -1.90. The SMILES string of the molecule is Nc1scnc1-c1c(F)cccc1Cl. The zero-order valence-corrected chi connectivity index (χ0v) is 8.57. The molecule has 0 atom stereocenters. The maximum absolute atomic E-state index is 13.4. The Morgan fingerprint density at radius 2 is 2.21 bits per heavy atom. The standard InChI is InChI=1S/C9H6ClFN2S/c10-5-2-1-3-6(11)7(5)8-9(12)14-4-13-8/h1-4H,12H2. The van der Waals surface area contributed by atoms with Crippen LogP contribution in [0.2, 0.25) is 5.02 Å². The number of thiazole rings is 1. The van der Waals surface area contributed by atoms with Crippen LogP contribution in [0.4, 0.5) is 9.39 Å². The molecule has 72 valence electrons. The molecular weight excluding hydrogens is 223 g/mol. The Kier molecular flexibility index (Phi) is 2.39. The molecule has 0 aliphatic heterocycles. The van der Waals surface area contributed by atoms with E-state index in [1.54, 1.807) is 17.6 Å². The average molecular weight is 229 g/mol. The highest BCUT2D eigenvalue weighted by molar-refractivity contribution is 7.14. The van der Waals surface area contributed by atoms with E-state index in [0.717, 1.165) is 0 Å². The van der Waals surface area contributed by atoms with E-state index >= 15 is 0 Å². The fourth-order valence-electron chi connectivity index (χ4n) is 1.17. The van der Waals surface area contributed by atoms with E-state index in [-0.39, 0.29) is 5.56 Å². The summed E-state index contributed by atoms with van der Waals surface area (Å²) in [7, 11) is 0. The van der Waals surface area contributed by atoms with Crippen LogP contribution in [0.1, 0.15) is 0 Å². The molecule has 2 aromatic rings. The van der Waals surface area contributed by atoms with Gasteiger partial charge in [-0.25, -0.2) is 9.37 Å². The second-order valence-electron chi connectivity index (χ2n) is 2.66. The van der Waals surface area contributed by atoms with Crippen molar-refractivity contribution in [1.29, 1.82) is 0 Å². The Hall–Kier alpha value is -1.13. The van der Waals surface area contributed by atoms with Crippen LogP contribution in [0.15, 0.2) is 23.7 Å². The molecule has 1 aromatic carbocycles. The molecule has 2 nitrogen and oxygen atoms in total. The van der Waals surface area contributed by atoms with E-state index in [1.807, 2.05) is 0 Å². The molecule has 0 spiro atoms. The summed E-state index contributed by atoms with van der Waals surface area (Å²) in [5.74, 6) is -0.407. The van der Waals surface area contributed by atoms with Crippen molar-refractivity contribution in [2.24, 2.45) is 0 Å². The van der Waals surface area contributed by atoms with Crippen LogP contribution in [-0.2, 0) is 0 Å². The molecule has 0 aliphatic carbocycles. The summed E-state index contributed by atoms with van der Waals surface area (Å²) < 4.78 is 13.4. The topological polar surface area (TPSA) is 38.9 Å². The minimum atomic E-state index is -0.407. The first-order valence-electron chi connectivity index (χ1n) is 3.83. The number of benzene rings is 1. The van der Waals surface area contributed by atoms with Crippen molar-refractivity contribution in [2.45, 2.75) is 0 Å². The molecular formula is C9H6ClFN2S. The number of hydrogen-bond donors (Lipinski definition) is 1. The largest absolute Gasteiger partial charge is 0.389 e. The van der Waals surface area contributed by atoms with E-state index in [4.69, 9.17) is 17.3 Å². The molecule has 0 aliphatic rings. The lowest BCUT2D eigenvalue weighted by molar-refractivity contribution is 0.631. The van der Waals surface area contributed by atoms with E-state index in [2.05, 4.69) is 4.98 Å². The van der Waals surface area contributed by atoms with E-state index in [0.29, 0.717) is 15.7 Å². The molecule has 0 fully saturated rings. The summed E-state index contributed by atoms with van der Waals surface area (Å²) in [6.07, 6.45) is 0. The van der Waals surface area contributed by atoms with Crippen molar-refractivity contribution in [2.75, 3.05) is 5.73 Å². The van der Waals surface area contributed by atoms with Gasteiger partial charge >= 0.3 is 0 Å². The number of nitrogens with zero attached hydrogens (tertiary/aromatic N) is 1. The summed E-state index contributed by atoms with van der Waals surface area (Å²) in [6, 6.07) is 4.49. The molecule has 0 saturated heterocycles. The summed E-state index contributed by atoms with van der Waals surface area (Å²) in [5, 5.41) is 0.791. The number of aromatic nitrogens is 1. The van der Waals surface area contributed by atoms with Crippen molar-refractivity contribution in [3.8, 4) is 11.3 Å². The zero-order valence-electron chi connectivity index (χ0n) is 7.00. The van der Waals surface area contributed by atoms with Gasteiger partial charge in [-0.15, -0.1) is 11.3 Å². The Balaban J connectivity index is 2.68. The Bertz CT molecular complexity index is 449. The summed E-state index contributed by atoms with van der Waals surface area (Å²) in [4.78, 5) is 3.98. The second kappa shape index (κ2) is 3.55. The smallest absolute Gasteiger partial charge is 0.134 e. The minimum absolute atomic E-state index is 0.271. The van der Waals surface area contributed by atoms with Crippen LogP contribution in [0, 0.1) is 5.82 Å². The lowest BCUT2D eigenvalue weighted by Gasteiger charge is -2.02. The summed E-state index contributed by atoms with van der Waals surface area (Å²) >= 11 is 7.12. The molecule has 0 amide bonds. The van der Waals surface area contributed by atoms with Gasteiger partial charge in [0, 0.05) is 0 Å². The fourth-order valence-corrected chi connectivity index (χ4v) is 1.96. The number of rotatable bonds is 1. The number of hydrogen-bond acceptors (Lipinski definition) is 3. The van der Waals surface area contributed by atoms with Crippen LogP contribution in [0.3, 0.4) is 0 Å². The normalized spacial score (nSPS) is 10.4. The first-order valence-corrected chi connectivity index (χ1v) is 5.09. The Morgan fingerprint density at radius 1 is 1.43 bits per heavy atom. The van der Waals surface area contributed by atoms with Gasteiger partial charge in [-0.1, -0.05) is 17.7 Å². The number of nitrogen functional groups attached to an aromatic ring is 1. The van der Waals surface area contributed by atoms with Crippen LogP contribution in [0.5, 0.6) is 0 Å². The highest BCUT2D eigenvalue weighted by Crippen LogP contribution is 2.34. The third-order valence-corrected chi connectivity index (χ3v) is 2.77. The van der Waals surface area contributed by atoms with Gasteiger partial charge in [0.2, 0.25) is 0 Å². The summed E-state index contributed by atoms with van der Waals surface area (Å²) in [6.45, 7) is 0. The van der Waals surface area contributed by atoms with E-state index in [9.17, 15) is 4.39 Å². The first kappa shape index (κ1) is 9.43. The first-order chi connectivity index (χ1) is 6.70. The average Bonchev–Trinajstić information content (AvgIpc) is 2.52.